The van der Waals surface area contributed by atoms with Crippen molar-refractivity contribution in [3.8, 4) is 0 Å². The molecule has 0 spiro atoms. The summed E-state index contributed by atoms with van der Waals surface area (Å²) in [5.74, 6) is -43.2. The molecule has 1 aliphatic carbocycles. The zero-order valence-corrected chi connectivity index (χ0v) is 30.4. The van der Waals surface area contributed by atoms with Gasteiger partial charge >= 0.3 is 0 Å². The topological polar surface area (TPSA) is 0 Å². The standard InChI is InChI=1S/C23H7BF15.C12H27P/c25-9-6(10(26)16(32)21(37)15(9)31)5(3-4-1-2-4)24(7-11(27)17(33)22(38)18(34)12(7)28)8-13(29)19(35)23(39)20(36)14(8)30;1-10(2,3)13(11(4,5)6)12(7,8)9/h3-4,24H,1-2H2;1-9H3/q-1;/p+1/b5-3+;. The first-order valence-electron chi connectivity index (χ1n) is 15.8. The highest BCUT2D eigenvalue weighted by atomic mass is 31.1. The van der Waals surface area contributed by atoms with E-state index >= 15 is 0 Å². The molecule has 0 aromatic heterocycles. The van der Waals surface area contributed by atoms with Crippen molar-refractivity contribution in [3.63, 3.8) is 0 Å². The average Bonchev–Trinajstić information content (AvgIpc) is 3.84. The van der Waals surface area contributed by atoms with E-state index in [0.29, 0.717) is 21.5 Å². The van der Waals surface area contributed by atoms with Crippen molar-refractivity contribution in [1.29, 1.82) is 0 Å². The van der Waals surface area contributed by atoms with Crippen molar-refractivity contribution in [3.05, 3.63) is 98.9 Å². The molecule has 0 radical (unpaired) electrons. The van der Waals surface area contributed by atoms with E-state index in [4.69, 9.17) is 0 Å². The van der Waals surface area contributed by atoms with Gasteiger partial charge in [0.2, 0.25) is 5.82 Å². The Kier molecular flexibility index (Phi) is 12.4. The monoisotopic (exact) mass is 782 g/mol. The predicted molar refractivity (Wildman–Crippen MR) is 173 cm³/mol. The van der Waals surface area contributed by atoms with Gasteiger partial charge < -0.3 is 0 Å². The van der Waals surface area contributed by atoms with Crippen LogP contribution >= 0.6 is 7.92 Å². The number of hydrogen-bond donors (Lipinski definition) is 0. The lowest BCUT2D eigenvalue weighted by Gasteiger charge is -2.42. The maximum Gasteiger partial charge on any atom is 0.200 e. The van der Waals surface area contributed by atoms with Crippen LogP contribution < -0.4 is 10.9 Å². The number of benzene rings is 3. The minimum absolute atomic E-state index is 0.0270. The fraction of sp³-hybridized carbons (Fsp3) is 0.429. The van der Waals surface area contributed by atoms with Gasteiger partial charge in [0.15, 0.2) is 58.2 Å². The molecule has 4 rings (SSSR count). The highest BCUT2D eigenvalue weighted by molar-refractivity contribution is 7.62. The van der Waals surface area contributed by atoms with Gasteiger partial charge in [-0.25, -0.2) is 65.9 Å². The summed E-state index contributed by atoms with van der Waals surface area (Å²) < 4.78 is 215. The lowest BCUT2D eigenvalue weighted by atomic mass is 9.34. The highest BCUT2D eigenvalue weighted by Gasteiger charge is 2.49. The summed E-state index contributed by atoms with van der Waals surface area (Å²) >= 11 is 0. The Hall–Kier alpha value is -3.16. The second kappa shape index (κ2) is 14.9. The second-order valence-electron chi connectivity index (χ2n) is 15.7. The molecule has 0 aliphatic heterocycles. The maximum atomic E-state index is 14.9. The first-order chi connectivity index (χ1) is 23.5. The minimum Gasteiger partial charge on any atom is -0.207 e. The second-order valence-corrected chi connectivity index (χ2v) is 21.0. The van der Waals surface area contributed by atoms with Gasteiger partial charge in [0.05, 0.1) is 22.2 Å². The maximum absolute atomic E-state index is 14.9. The molecule has 0 nitrogen and oxygen atoms in total. The van der Waals surface area contributed by atoms with Crippen LogP contribution in [0.1, 0.15) is 80.7 Å². The van der Waals surface area contributed by atoms with Crippen molar-refractivity contribution in [2.75, 3.05) is 0 Å². The zero-order chi connectivity index (χ0) is 40.3. The smallest absolute Gasteiger partial charge is 0.200 e. The van der Waals surface area contributed by atoms with Crippen LogP contribution in [0.4, 0.5) is 65.9 Å². The highest BCUT2D eigenvalue weighted by Crippen LogP contribution is 2.67. The minimum atomic E-state index is -4.77. The Bertz CT molecular complexity index is 1730. The summed E-state index contributed by atoms with van der Waals surface area (Å²) in [6.07, 6.45) is 0.507. The summed E-state index contributed by atoms with van der Waals surface area (Å²) in [5, 5.41) is 1.46. The largest absolute Gasteiger partial charge is 0.207 e. The molecular formula is C35H35BF15P. The molecule has 0 saturated heterocycles. The van der Waals surface area contributed by atoms with E-state index in [1.807, 2.05) is 0 Å². The predicted octanol–water partition coefficient (Wildman–Crippen LogP) is 10.7. The summed E-state index contributed by atoms with van der Waals surface area (Å²) in [4.78, 5) is 0. The number of hydrogen-bond acceptors (Lipinski definition) is 0. The van der Waals surface area contributed by atoms with E-state index in [1.54, 1.807) is 0 Å². The third-order valence-corrected chi connectivity index (χ3v) is 13.0. The SMILES string of the molecule is CC(C)(C)[PH+](C(C)(C)C)C(C)(C)C.Fc1c(F)c(F)c([BH-](/C(=C/C2CC2)c2c(F)c(F)c(F)c(F)c2F)c2c(F)c(F)c(F)c(F)c2F)c(F)c1F. The average molecular weight is 782 g/mol. The van der Waals surface area contributed by atoms with Gasteiger partial charge in [0, 0.05) is 13.5 Å². The Morgan fingerprint density at radius 3 is 0.865 bits per heavy atom. The van der Waals surface area contributed by atoms with Crippen LogP contribution in [0.3, 0.4) is 0 Å². The van der Waals surface area contributed by atoms with Crippen LogP contribution in [0.25, 0.3) is 5.47 Å². The molecule has 1 fully saturated rings. The molecule has 17 heteroatoms. The van der Waals surface area contributed by atoms with Gasteiger partial charge in [-0.3, -0.25) is 0 Å². The molecular weight excluding hydrogens is 747 g/mol. The van der Waals surface area contributed by atoms with Crippen molar-refractivity contribution in [1.82, 2.24) is 0 Å². The van der Waals surface area contributed by atoms with Crippen LogP contribution in [0.5, 0.6) is 0 Å². The van der Waals surface area contributed by atoms with E-state index in [1.165, 1.54) is 0 Å². The summed E-state index contributed by atoms with van der Waals surface area (Å²) in [6.45, 7) is 16.8. The fourth-order valence-electron chi connectivity index (χ4n) is 7.67. The van der Waals surface area contributed by atoms with E-state index < -0.39 is 130 Å². The third kappa shape index (κ3) is 8.16. The molecule has 3 aromatic carbocycles. The Balaban J connectivity index is 0.000000478. The number of rotatable bonds is 5. The van der Waals surface area contributed by atoms with Gasteiger partial charge in [-0.2, -0.15) is 5.47 Å². The lowest BCUT2D eigenvalue weighted by Crippen LogP contribution is -2.52. The van der Waals surface area contributed by atoms with Crippen LogP contribution in [-0.4, -0.2) is 22.2 Å². The number of allylic oxidation sites excluding steroid dienone is 1. The third-order valence-electron chi connectivity index (χ3n) is 8.53. The quantitative estimate of drug-likeness (QED) is 0.0795. The van der Waals surface area contributed by atoms with E-state index in [0.717, 1.165) is 0 Å². The molecule has 288 valence electrons. The Morgan fingerprint density at radius 2 is 0.654 bits per heavy atom. The summed E-state index contributed by atoms with van der Waals surface area (Å²) in [6, 6.07) is 0. The molecule has 3 aromatic rings. The van der Waals surface area contributed by atoms with Crippen molar-refractivity contribution in [2.24, 2.45) is 5.92 Å². The van der Waals surface area contributed by atoms with Crippen LogP contribution in [0.15, 0.2) is 6.08 Å². The van der Waals surface area contributed by atoms with Crippen molar-refractivity contribution < 1.29 is 65.9 Å². The van der Waals surface area contributed by atoms with Gasteiger partial charge in [-0.15, -0.1) is 17.0 Å². The first-order valence-corrected chi connectivity index (χ1v) is 17.3. The zero-order valence-electron chi connectivity index (χ0n) is 29.4. The van der Waals surface area contributed by atoms with Gasteiger partial charge in [-0.05, 0) is 81.1 Å². The lowest BCUT2D eigenvalue weighted by molar-refractivity contribution is 0.376. The van der Waals surface area contributed by atoms with Gasteiger partial charge in [0.1, 0.15) is 23.3 Å². The molecule has 1 saturated carbocycles. The van der Waals surface area contributed by atoms with E-state index in [9.17, 15) is 65.9 Å². The molecule has 0 atom stereocenters. The fourth-order valence-corrected chi connectivity index (χ4v) is 14.4. The Morgan fingerprint density at radius 1 is 0.423 bits per heavy atom. The Labute approximate surface area is 292 Å². The van der Waals surface area contributed by atoms with Gasteiger partial charge in [-0.1, -0.05) is 0 Å². The van der Waals surface area contributed by atoms with E-state index in [2.05, 4.69) is 62.3 Å². The van der Waals surface area contributed by atoms with Crippen molar-refractivity contribution in [2.45, 2.75) is 90.6 Å². The van der Waals surface area contributed by atoms with Crippen LogP contribution in [0.2, 0.25) is 0 Å². The summed E-state index contributed by atoms with van der Waals surface area (Å²) in [7, 11) is -0.391. The molecule has 0 unspecified atom stereocenters. The normalized spacial score (nSPS) is 14.4. The van der Waals surface area contributed by atoms with Crippen LogP contribution in [-0.2, 0) is 0 Å². The summed E-state index contributed by atoms with van der Waals surface area (Å²) in [5.41, 5.74) is -8.40. The van der Waals surface area contributed by atoms with E-state index in [-0.39, 0.29) is 12.8 Å². The van der Waals surface area contributed by atoms with Crippen molar-refractivity contribution >= 4 is 31.0 Å². The molecule has 1 aliphatic rings. The first kappa shape index (κ1) is 43.3. The van der Waals surface area contributed by atoms with Gasteiger partial charge in [0.25, 0.3) is 0 Å². The molecule has 0 bridgehead atoms. The number of halogens is 15. The molecule has 52 heavy (non-hydrogen) atoms. The molecule has 0 heterocycles. The molecule has 0 amide bonds. The van der Waals surface area contributed by atoms with Crippen LogP contribution in [0, 0.1) is 93.2 Å². The molecule has 0 N–H and O–H groups in total.